The van der Waals surface area contributed by atoms with E-state index in [-0.39, 0.29) is 0 Å². The van der Waals surface area contributed by atoms with Gasteiger partial charge in [0.05, 0.1) is 5.69 Å². The summed E-state index contributed by atoms with van der Waals surface area (Å²) in [4.78, 5) is 3.98. The van der Waals surface area contributed by atoms with Crippen molar-refractivity contribution in [2.45, 2.75) is 45.6 Å². The zero-order chi connectivity index (χ0) is 14.7. The van der Waals surface area contributed by atoms with Crippen LogP contribution in [-0.2, 0) is 0 Å². The van der Waals surface area contributed by atoms with Crippen molar-refractivity contribution in [3.63, 3.8) is 0 Å². The monoisotopic (exact) mass is 284 g/mol. The second-order valence-corrected chi connectivity index (χ2v) is 6.33. The molecule has 1 fully saturated rings. The molecule has 1 aromatic carbocycles. The maximum Gasteiger partial charge on any atom is 0.138 e. The number of aromatic nitrogens is 3. The van der Waals surface area contributed by atoms with Gasteiger partial charge in [0.1, 0.15) is 12.7 Å². The minimum absolute atomic E-state index is 0.607. The van der Waals surface area contributed by atoms with Gasteiger partial charge in [0.15, 0.2) is 0 Å². The lowest BCUT2D eigenvalue weighted by atomic mass is 9.78. The summed E-state index contributed by atoms with van der Waals surface area (Å²) in [6.45, 7) is 4.69. The zero-order valence-electron chi connectivity index (χ0n) is 12.9. The van der Waals surface area contributed by atoms with Gasteiger partial charge in [-0.05, 0) is 48.9 Å². The van der Waals surface area contributed by atoms with Crippen molar-refractivity contribution in [1.29, 1.82) is 0 Å². The highest BCUT2D eigenvalue weighted by Gasteiger charge is 2.27. The molecule has 4 heteroatoms. The minimum Gasteiger partial charge on any atom is -0.382 e. The Labute approximate surface area is 126 Å². The lowest BCUT2D eigenvalue weighted by molar-refractivity contribution is 0.254. The molecule has 0 bridgehead atoms. The quantitative estimate of drug-likeness (QED) is 0.926. The highest BCUT2D eigenvalue weighted by atomic mass is 15.3. The molecule has 1 saturated carbocycles. The second kappa shape index (κ2) is 6.29. The molecular formula is C17H24N4. The van der Waals surface area contributed by atoms with E-state index in [2.05, 4.69) is 53.5 Å². The molecule has 2 unspecified atom stereocenters. The van der Waals surface area contributed by atoms with Crippen LogP contribution in [0.1, 0.15) is 39.5 Å². The summed E-state index contributed by atoms with van der Waals surface area (Å²) in [5.41, 5.74) is 2.25. The van der Waals surface area contributed by atoms with Gasteiger partial charge in [0, 0.05) is 11.7 Å². The Kier molecular flexibility index (Phi) is 4.23. The molecule has 3 rings (SSSR count). The fourth-order valence-electron chi connectivity index (χ4n) is 3.40. The summed E-state index contributed by atoms with van der Waals surface area (Å²) in [7, 11) is 0. The molecule has 0 saturated heterocycles. The Morgan fingerprint density at radius 2 is 1.90 bits per heavy atom. The van der Waals surface area contributed by atoms with Crippen LogP contribution in [-0.4, -0.2) is 20.8 Å². The minimum atomic E-state index is 0.607. The van der Waals surface area contributed by atoms with E-state index in [0.29, 0.717) is 6.04 Å². The average molecular weight is 284 g/mol. The number of anilines is 1. The molecule has 1 aromatic heterocycles. The fourth-order valence-corrected chi connectivity index (χ4v) is 3.40. The first-order chi connectivity index (χ1) is 10.2. The van der Waals surface area contributed by atoms with Gasteiger partial charge in [-0.1, -0.05) is 26.7 Å². The van der Waals surface area contributed by atoms with Crippen molar-refractivity contribution in [3.8, 4) is 5.69 Å². The van der Waals surface area contributed by atoms with Gasteiger partial charge in [-0.15, -0.1) is 0 Å². The molecule has 2 atom stereocenters. The number of rotatable bonds is 4. The summed E-state index contributed by atoms with van der Waals surface area (Å²) in [5.74, 6) is 1.53. The number of nitrogens with one attached hydrogen (secondary N) is 1. The third-order valence-electron chi connectivity index (χ3n) is 4.58. The topological polar surface area (TPSA) is 42.7 Å². The first-order valence-corrected chi connectivity index (χ1v) is 7.95. The van der Waals surface area contributed by atoms with Gasteiger partial charge in [-0.2, -0.15) is 5.10 Å². The van der Waals surface area contributed by atoms with Crippen LogP contribution < -0.4 is 5.32 Å². The van der Waals surface area contributed by atoms with Crippen molar-refractivity contribution in [1.82, 2.24) is 14.8 Å². The number of hydrogen-bond acceptors (Lipinski definition) is 3. The molecule has 0 aliphatic heterocycles. The van der Waals surface area contributed by atoms with E-state index < -0.39 is 0 Å². The normalized spacial score (nSPS) is 22.4. The van der Waals surface area contributed by atoms with Crippen LogP contribution in [0.15, 0.2) is 36.9 Å². The number of benzene rings is 1. The van der Waals surface area contributed by atoms with Crippen molar-refractivity contribution >= 4 is 5.69 Å². The van der Waals surface area contributed by atoms with Gasteiger partial charge < -0.3 is 5.32 Å². The highest BCUT2D eigenvalue weighted by Crippen LogP contribution is 2.32. The molecule has 0 radical (unpaired) electrons. The molecule has 112 valence electrons. The van der Waals surface area contributed by atoms with Crippen LogP contribution in [0.4, 0.5) is 5.69 Å². The van der Waals surface area contributed by atoms with Gasteiger partial charge in [0.25, 0.3) is 0 Å². The van der Waals surface area contributed by atoms with Crippen molar-refractivity contribution < 1.29 is 0 Å². The van der Waals surface area contributed by atoms with E-state index in [1.54, 1.807) is 17.3 Å². The molecule has 2 aromatic rings. The standard InChI is InChI=1S/C17H24N4/c1-13(2)16-5-3-4-6-17(16)20-14-7-9-15(10-8-14)21-12-18-11-19-21/h7-13,16-17,20H,3-6H2,1-2H3. The zero-order valence-corrected chi connectivity index (χ0v) is 12.9. The molecule has 0 spiro atoms. The molecule has 1 N–H and O–H groups in total. The molecule has 1 heterocycles. The van der Waals surface area contributed by atoms with E-state index in [9.17, 15) is 0 Å². The van der Waals surface area contributed by atoms with Crippen molar-refractivity contribution in [2.75, 3.05) is 5.32 Å². The van der Waals surface area contributed by atoms with E-state index in [4.69, 9.17) is 0 Å². The van der Waals surface area contributed by atoms with Crippen LogP contribution in [0.3, 0.4) is 0 Å². The third kappa shape index (κ3) is 3.26. The number of hydrogen-bond donors (Lipinski definition) is 1. The maximum atomic E-state index is 4.15. The lowest BCUT2D eigenvalue weighted by Crippen LogP contribution is -2.35. The largest absolute Gasteiger partial charge is 0.382 e. The first-order valence-electron chi connectivity index (χ1n) is 7.95. The van der Waals surface area contributed by atoms with E-state index in [0.717, 1.165) is 17.5 Å². The third-order valence-corrected chi connectivity index (χ3v) is 4.58. The Balaban J connectivity index is 1.69. The van der Waals surface area contributed by atoms with Gasteiger partial charge in [-0.25, -0.2) is 9.67 Å². The molecular weight excluding hydrogens is 260 g/mol. The Morgan fingerprint density at radius 3 is 2.57 bits per heavy atom. The van der Waals surface area contributed by atoms with Gasteiger partial charge in [0.2, 0.25) is 0 Å². The molecule has 4 nitrogen and oxygen atoms in total. The summed E-state index contributed by atoms with van der Waals surface area (Å²) in [6.07, 6.45) is 8.64. The molecule has 0 amide bonds. The Bertz CT molecular complexity index is 545. The average Bonchev–Trinajstić information content (AvgIpc) is 3.03. The summed E-state index contributed by atoms with van der Waals surface area (Å²) >= 11 is 0. The lowest BCUT2D eigenvalue weighted by Gasteiger charge is -2.35. The molecule has 1 aliphatic rings. The smallest absolute Gasteiger partial charge is 0.138 e. The maximum absolute atomic E-state index is 4.15. The summed E-state index contributed by atoms with van der Waals surface area (Å²) in [6, 6.07) is 9.07. The van der Waals surface area contributed by atoms with Crippen LogP contribution >= 0.6 is 0 Å². The highest BCUT2D eigenvalue weighted by molar-refractivity contribution is 5.49. The van der Waals surface area contributed by atoms with Crippen molar-refractivity contribution in [2.24, 2.45) is 11.8 Å². The number of nitrogens with zero attached hydrogens (tertiary/aromatic N) is 3. The van der Waals surface area contributed by atoms with Gasteiger partial charge >= 0.3 is 0 Å². The van der Waals surface area contributed by atoms with E-state index in [1.165, 1.54) is 31.4 Å². The fraction of sp³-hybridized carbons (Fsp3) is 0.529. The summed E-state index contributed by atoms with van der Waals surface area (Å²) < 4.78 is 1.78. The van der Waals surface area contributed by atoms with Crippen LogP contribution in [0.25, 0.3) is 5.69 Å². The summed E-state index contributed by atoms with van der Waals surface area (Å²) in [5, 5.41) is 7.89. The van der Waals surface area contributed by atoms with E-state index >= 15 is 0 Å². The van der Waals surface area contributed by atoms with Crippen LogP contribution in [0.2, 0.25) is 0 Å². The Morgan fingerprint density at radius 1 is 1.14 bits per heavy atom. The van der Waals surface area contributed by atoms with Crippen LogP contribution in [0.5, 0.6) is 0 Å². The second-order valence-electron chi connectivity index (χ2n) is 6.33. The predicted octanol–water partition coefficient (Wildman–Crippen LogP) is 3.89. The SMILES string of the molecule is CC(C)C1CCCCC1Nc1ccc(-n2cncn2)cc1. The van der Waals surface area contributed by atoms with Crippen molar-refractivity contribution in [3.05, 3.63) is 36.9 Å². The van der Waals surface area contributed by atoms with E-state index in [1.807, 2.05) is 0 Å². The van der Waals surface area contributed by atoms with Crippen LogP contribution in [0, 0.1) is 11.8 Å². The van der Waals surface area contributed by atoms with Gasteiger partial charge in [-0.3, -0.25) is 0 Å². The first kappa shape index (κ1) is 14.1. The predicted molar refractivity (Wildman–Crippen MR) is 85.6 cm³/mol. The Hall–Kier alpha value is -1.84. The molecule has 1 aliphatic carbocycles. The molecule has 21 heavy (non-hydrogen) atoms.